The molecule has 0 aliphatic rings. The van der Waals surface area contributed by atoms with Crippen molar-refractivity contribution in [2.45, 2.75) is 0 Å². The second-order valence-electron chi connectivity index (χ2n) is 15.1. The molecule has 0 aliphatic carbocycles. The molecule has 1 aromatic heterocycles. The smallest absolute Gasteiger partial charge is 0.0645 e. The summed E-state index contributed by atoms with van der Waals surface area (Å²) in [6, 6.07) is 75.6. The van der Waals surface area contributed by atoms with Gasteiger partial charge in [-0.15, -0.1) is 0 Å². The quantitative estimate of drug-likeness (QED) is 0.144. The molecule has 0 spiro atoms. The van der Waals surface area contributed by atoms with E-state index >= 15 is 0 Å². The van der Waals surface area contributed by atoms with Crippen LogP contribution < -0.4 is 9.80 Å². The van der Waals surface area contributed by atoms with E-state index in [-0.39, 0.29) is 35.4 Å². The fraction of sp³-hybridized carbons (Fsp3) is 0. The van der Waals surface area contributed by atoms with E-state index in [1.165, 1.54) is 10.8 Å². The van der Waals surface area contributed by atoms with Crippen LogP contribution >= 0.6 is 0 Å². The van der Waals surface area contributed by atoms with Gasteiger partial charge in [0.25, 0.3) is 0 Å². The van der Waals surface area contributed by atoms with Crippen LogP contribution in [0.5, 0.6) is 0 Å². The van der Waals surface area contributed by atoms with Gasteiger partial charge in [-0.3, -0.25) is 0 Å². The van der Waals surface area contributed by atoms with Gasteiger partial charge >= 0.3 is 0 Å². The standard InChI is InChI=1S/C58H41N3/c1-5-16-42(17-6-1)44-18-15-25-52(39-44)59(48-19-7-2-8-20-48)51-33-30-43(31-34-51)45-28-29-47-40-53(35-32-46(47)38-45)60(49-21-9-3-10-22-49)54-36-37-56-55-26-13-14-27-57(55)61(58(56)41-54)50-23-11-4-12-24-50/h1-41H/i30D,31D,33D,34D. The van der Waals surface area contributed by atoms with E-state index < -0.39 is 0 Å². The number of rotatable bonds is 9. The molecule has 0 N–H and O–H groups in total. The van der Waals surface area contributed by atoms with Gasteiger partial charge in [0, 0.05) is 50.6 Å². The van der Waals surface area contributed by atoms with Crippen molar-refractivity contribution >= 4 is 66.7 Å². The lowest BCUT2D eigenvalue weighted by Gasteiger charge is -2.26. The average molecular weight is 784 g/mol. The van der Waals surface area contributed by atoms with E-state index in [4.69, 9.17) is 0 Å². The summed E-state index contributed by atoms with van der Waals surface area (Å²) < 4.78 is 40.1. The Morgan fingerprint density at radius 1 is 0.295 bits per heavy atom. The molecule has 0 fully saturated rings. The van der Waals surface area contributed by atoms with Crippen LogP contribution in [0.25, 0.3) is 60.5 Å². The Morgan fingerprint density at radius 3 is 1.54 bits per heavy atom. The maximum absolute atomic E-state index is 9.48. The molecule has 0 aliphatic heterocycles. The molecule has 61 heavy (non-hydrogen) atoms. The minimum atomic E-state index is -0.118. The van der Waals surface area contributed by atoms with Gasteiger partial charge in [0.1, 0.15) is 0 Å². The number of hydrogen-bond acceptors (Lipinski definition) is 2. The fourth-order valence-electron chi connectivity index (χ4n) is 8.51. The zero-order valence-corrected chi connectivity index (χ0v) is 33.2. The SMILES string of the molecule is [2H]c1c([2H])c(N(c2ccccc2)c2cccc(-c3ccccc3)c2)c([2H])c([2H])c1-c1ccc2cc(N(c3ccccc3)c3ccc4c5ccccc5n(-c5ccccc5)c4c3)ccc2c1. The van der Waals surface area contributed by atoms with Gasteiger partial charge in [0.2, 0.25) is 0 Å². The first kappa shape index (κ1) is 31.8. The average Bonchev–Trinajstić information content (AvgIpc) is 3.69. The predicted molar refractivity (Wildman–Crippen MR) is 259 cm³/mol. The van der Waals surface area contributed by atoms with E-state index in [9.17, 15) is 5.48 Å². The zero-order valence-electron chi connectivity index (χ0n) is 37.2. The molecule has 0 saturated carbocycles. The summed E-state index contributed by atoms with van der Waals surface area (Å²) in [7, 11) is 0. The summed E-state index contributed by atoms with van der Waals surface area (Å²) in [6.07, 6.45) is 0. The molecule has 3 nitrogen and oxygen atoms in total. The normalized spacial score (nSPS) is 12.2. The Bertz CT molecular complexity index is 3510. The molecule has 10 aromatic carbocycles. The lowest BCUT2D eigenvalue weighted by Crippen LogP contribution is -2.10. The third-order valence-corrected chi connectivity index (χ3v) is 11.4. The first-order chi connectivity index (χ1) is 31.9. The van der Waals surface area contributed by atoms with Crippen LogP contribution in [0.15, 0.2) is 249 Å². The van der Waals surface area contributed by atoms with Crippen LogP contribution in [0, 0.1) is 0 Å². The highest BCUT2D eigenvalue weighted by atomic mass is 15.1. The van der Waals surface area contributed by atoms with Crippen LogP contribution in [0.2, 0.25) is 0 Å². The molecule has 0 unspecified atom stereocenters. The number of para-hydroxylation sites is 4. The fourth-order valence-corrected chi connectivity index (χ4v) is 8.51. The van der Waals surface area contributed by atoms with Crippen LogP contribution in [0.1, 0.15) is 5.48 Å². The van der Waals surface area contributed by atoms with Gasteiger partial charge < -0.3 is 14.4 Å². The topological polar surface area (TPSA) is 11.4 Å². The van der Waals surface area contributed by atoms with Gasteiger partial charge in [-0.25, -0.2) is 0 Å². The molecular formula is C58H41N3. The summed E-state index contributed by atoms with van der Waals surface area (Å²) in [5, 5.41) is 4.28. The second-order valence-corrected chi connectivity index (χ2v) is 15.1. The largest absolute Gasteiger partial charge is 0.310 e. The maximum Gasteiger partial charge on any atom is 0.0645 e. The zero-order chi connectivity index (χ0) is 44.0. The lowest BCUT2D eigenvalue weighted by molar-refractivity contribution is 1.18. The number of aromatic nitrogens is 1. The molecule has 0 bridgehead atoms. The van der Waals surface area contributed by atoms with Crippen molar-refractivity contribution in [3.63, 3.8) is 0 Å². The van der Waals surface area contributed by atoms with Crippen LogP contribution in [-0.2, 0) is 0 Å². The Hall–Kier alpha value is -8.14. The van der Waals surface area contributed by atoms with Gasteiger partial charge in [0.15, 0.2) is 0 Å². The summed E-state index contributed by atoms with van der Waals surface area (Å²) >= 11 is 0. The van der Waals surface area contributed by atoms with E-state index in [1.807, 2.05) is 120 Å². The van der Waals surface area contributed by atoms with Gasteiger partial charge in [-0.05, 0) is 130 Å². The van der Waals surface area contributed by atoms with E-state index in [0.29, 0.717) is 5.56 Å². The number of benzene rings is 10. The number of nitrogens with zero attached hydrogens (tertiary/aromatic N) is 3. The Balaban J connectivity index is 1.00. The van der Waals surface area contributed by atoms with Crippen molar-refractivity contribution in [2.24, 2.45) is 0 Å². The molecule has 11 aromatic rings. The van der Waals surface area contributed by atoms with Crippen molar-refractivity contribution in [3.05, 3.63) is 249 Å². The molecule has 3 heteroatoms. The summed E-state index contributed by atoms with van der Waals surface area (Å²) in [5.41, 5.74) is 10.9. The third-order valence-electron chi connectivity index (χ3n) is 11.4. The number of fused-ring (bicyclic) bond motifs is 4. The summed E-state index contributed by atoms with van der Waals surface area (Å²) in [4.78, 5) is 4.10. The van der Waals surface area contributed by atoms with Crippen molar-refractivity contribution in [2.75, 3.05) is 9.80 Å². The lowest BCUT2D eigenvalue weighted by atomic mass is 10.00. The van der Waals surface area contributed by atoms with E-state index in [1.54, 1.807) is 0 Å². The van der Waals surface area contributed by atoms with Crippen molar-refractivity contribution in [1.29, 1.82) is 0 Å². The van der Waals surface area contributed by atoms with E-state index in [0.717, 1.165) is 67.1 Å². The molecule has 11 rings (SSSR count). The first-order valence-corrected chi connectivity index (χ1v) is 20.5. The van der Waals surface area contributed by atoms with Crippen LogP contribution in [0.4, 0.5) is 34.1 Å². The number of hydrogen-bond donors (Lipinski definition) is 0. The van der Waals surface area contributed by atoms with Gasteiger partial charge in [-0.2, -0.15) is 0 Å². The molecular weight excluding hydrogens is 739 g/mol. The highest BCUT2D eigenvalue weighted by Crippen LogP contribution is 2.42. The highest BCUT2D eigenvalue weighted by Gasteiger charge is 2.18. The molecule has 0 atom stereocenters. The number of anilines is 6. The Morgan fingerprint density at radius 2 is 0.803 bits per heavy atom. The minimum Gasteiger partial charge on any atom is -0.310 e. The molecule has 0 radical (unpaired) electrons. The third kappa shape index (κ3) is 6.78. The highest BCUT2D eigenvalue weighted by molar-refractivity contribution is 6.10. The van der Waals surface area contributed by atoms with Gasteiger partial charge in [0.05, 0.1) is 16.5 Å². The second kappa shape index (κ2) is 15.6. The minimum absolute atomic E-state index is 0.101. The monoisotopic (exact) mass is 783 g/mol. The predicted octanol–water partition coefficient (Wildman–Crippen LogP) is 16.2. The van der Waals surface area contributed by atoms with Crippen molar-refractivity contribution in [3.8, 4) is 27.9 Å². The molecule has 288 valence electrons. The van der Waals surface area contributed by atoms with Crippen LogP contribution in [-0.4, -0.2) is 4.57 Å². The summed E-state index contributed by atoms with van der Waals surface area (Å²) in [5.74, 6) is 0. The van der Waals surface area contributed by atoms with E-state index in [2.05, 4.69) is 119 Å². The molecule has 0 amide bonds. The Labute approximate surface area is 361 Å². The molecule has 1 heterocycles. The van der Waals surface area contributed by atoms with Crippen molar-refractivity contribution in [1.82, 2.24) is 4.57 Å². The Kier molecular flexibility index (Phi) is 8.11. The molecule has 0 saturated heterocycles. The van der Waals surface area contributed by atoms with Gasteiger partial charge in [-0.1, -0.05) is 152 Å². The van der Waals surface area contributed by atoms with Crippen molar-refractivity contribution < 1.29 is 5.48 Å². The summed E-state index contributed by atoms with van der Waals surface area (Å²) in [6.45, 7) is 0. The van der Waals surface area contributed by atoms with Crippen LogP contribution in [0.3, 0.4) is 0 Å². The maximum atomic E-state index is 9.48. The first-order valence-electron chi connectivity index (χ1n) is 22.5.